The third-order valence-electron chi connectivity index (χ3n) is 6.66. The van der Waals surface area contributed by atoms with Crippen molar-refractivity contribution < 1.29 is 29.4 Å². The van der Waals surface area contributed by atoms with Gasteiger partial charge in [-0.15, -0.1) is 0 Å². The number of aliphatic carboxylic acids is 2. The van der Waals surface area contributed by atoms with Gasteiger partial charge in [0.2, 0.25) is 0 Å². The molecule has 0 aliphatic heterocycles. The van der Waals surface area contributed by atoms with Crippen LogP contribution >= 0.6 is 0 Å². The van der Waals surface area contributed by atoms with E-state index < -0.39 is 11.9 Å². The zero-order chi connectivity index (χ0) is 29.1. The van der Waals surface area contributed by atoms with Crippen LogP contribution in [0, 0.1) is 13.8 Å². The van der Waals surface area contributed by atoms with E-state index in [1.807, 2.05) is 50.2 Å². The number of nitrogens with zero attached hydrogens (tertiary/aromatic N) is 2. The summed E-state index contributed by atoms with van der Waals surface area (Å²) in [6.07, 6.45) is 8.22. The predicted molar refractivity (Wildman–Crippen MR) is 154 cm³/mol. The Bertz CT molecular complexity index is 1400. The Balaban J connectivity index is 0.000000220. The Morgan fingerprint density at radius 3 is 1.82 bits per heavy atom. The standard InChI is InChI=1S/2C16H17NO3/c1-11-5-4-6-12-9-17-10-13(16(11)12)14(18)7-2-3-8-15(19)20;1-11-5-4-6-13-16(11)12(9-10-17-13)14(18)7-2-3-8-15(19)20/h2*4-6,9-10H,2-3,7-8H2,1H3,(H,19,20). The number of aromatic nitrogens is 2. The maximum Gasteiger partial charge on any atom is 0.303 e. The fraction of sp³-hybridized carbons (Fsp3) is 0.312. The zero-order valence-corrected chi connectivity index (χ0v) is 22.9. The molecule has 0 bridgehead atoms. The van der Waals surface area contributed by atoms with E-state index in [2.05, 4.69) is 9.97 Å². The van der Waals surface area contributed by atoms with Crippen LogP contribution in [0.2, 0.25) is 0 Å². The van der Waals surface area contributed by atoms with E-state index in [0.29, 0.717) is 49.7 Å². The van der Waals surface area contributed by atoms with Crippen molar-refractivity contribution in [1.29, 1.82) is 0 Å². The van der Waals surface area contributed by atoms with Gasteiger partial charge >= 0.3 is 11.9 Å². The number of ketones is 2. The van der Waals surface area contributed by atoms with Gasteiger partial charge in [0.05, 0.1) is 5.52 Å². The number of rotatable bonds is 12. The maximum atomic E-state index is 12.3. The first-order valence-corrected chi connectivity index (χ1v) is 13.4. The highest BCUT2D eigenvalue weighted by Crippen LogP contribution is 2.24. The molecule has 0 fully saturated rings. The van der Waals surface area contributed by atoms with Crippen LogP contribution in [0.3, 0.4) is 0 Å². The van der Waals surface area contributed by atoms with Crippen molar-refractivity contribution >= 4 is 45.2 Å². The van der Waals surface area contributed by atoms with Gasteiger partial charge in [0.15, 0.2) is 11.6 Å². The van der Waals surface area contributed by atoms with E-state index in [-0.39, 0.29) is 24.4 Å². The molecule has 4 aromatic rings. The highest BCUT2D eigenvalue weighted by Gasteiger charge is 2.13. The fourth-order valence-corrected chi connectivity index (χ4v) is 4.64. The Labute approximate surface area is 233 Å². The lowest BCUT2D eigenvalue weighted by molar-refractivity contribution is -0.138. The second kappa shape index (κ2) is 14.6. The molecule has 40 heavy (non-hydrogen) atoms. The Morgan fingerprint density at radius 1 is 0.650 bits per heavy atom. The fourth-order valence-electron chi connectivity index (χ4n) is 4.64. The molecule has 2 aromatic heterocycles. The minimum atomic E-state index is -0.819. The quantitative estimate of drug-likeness (QED) is 0.148. The second-order valence-electron chi connectivity index (χ2n) is 9.74. The van der Waals surface area contributed by atoms with Crippen LogP contribution in [0.25, 0.3) is 21.7 Å². The second-order valence-corrected chi connectivity index (χ2v) is 9.74. The van der Waals surface area contributed by atoms with Crippen molar-refractivity contribution in [2.24, 2.45) is 0 Å². The van der Waals surface area contributed by atoms with Gasteiger partial charge in [-0.2, -0.15) is 0 Å². The van der Waals surface area contributed by atoms with Crippen LogP contribution in [-0.4, -0.2) is 43.7 Å². The first kappa shape index (κ1) is 30.1. The molecule has 0 aliphatic rings. The largest absolute Gasteiger partial charge is 0.481 e. The summed E-state index contributed by atoms with van der Waals surface area (Å²) >= 11 is 0. The van der Waals surface area contributed by atoms with Gasteiger partial charge in [0, 0.05) is 66.2 Å². The van der Waals surface area contributed by atoms with E-state index in [0.717, 1.165) is 32.8 Å². The summed E-state index contributed by atoms with van der Waals surface area (Å²) < 4.78 is 0. The normalized spacial score (nSPS) is 10.7. The van der Waals surface area contributed by atoms with Crippen molar-refractivity contribution in [3.8, 4) is 0 Å². The topological polar surface area (TPSA) is 135 Å². The smallest absolute Gasteiger partial charge is 0.303 e. The molecular weight excluding hydrogens is 508 g/mol. The number of carbonyl (C=O) groups is 4. The Morgan fingerprint density at radius 2 is 1.20 bits per heavy atom. The lowest BCUT2D eigenvalue weighted by Gasteiger charge is -2.07. The van der Waals surface area contributed by atoms with Crippen LogP contribution in [0.4, 0.5) is 0 Å². The minimum absolute atomic E-state index is 0.0304. The van der Waals surface area contributed by atoms with Crippen LogP contribution in [0.5, 0.6) is 0 Å². The molecule has 2 N–H and O–H groups in total. The summed E-state index contributed by atoms with van der Waals surface area (Å²) in [4.78, 5) is 53.8. The number of benzene rings is 2. The monoisotopic (exact) mass is 542 g/mol. The summed E-state index contributed by atoms with van der Waals surface area (Å²) in [7, 11) is 0. The highest BCUT2D eigenvalue weighted by molar-refractivity contribution is 6.09. The number of carboxylic acids is 2. The van der Waals surface area contributed by atoms with E-state index in [1.54, 1.807) is 24.7 Å². The molecule has 2 aromatic carbocycles. The minimum Gasteiger partial charge on any atom is -0.481 e. The van der Waals surface area contributed by atoms with Gasteiger partial charge in [-0.3, -0.25) is 29.1 Å². The Hall–Kier alpha value is -4.46. The number of aryl methyl sites for hydroxylation is 2. The van der Waals surface area contributed by atoms with E-state index in [1.165, 1.54) is 0 Å². The molecule has 0 radical (unpaired) electrons. The molecule has 0 aliphatic carbocycles. The third kappa shape index (κ3) is 8.27. The number of Topliss-reactive ketones (excluding diaryl/α,β-unsaturated/α-hetero) is 2. The molecule has 0 saturated carbocycles. The molecule has 2 heterocycles. The van der Waals surface area contributed by atoms with Crippen molar-refractivity contribution in [2.45, 2.75) is 65.2 Å². The SMILES string of the molecule is Cc1cccc2cncc(C(=O)CCCCC(=O)O)c12.Cc1cccc2nccc(C(=O)CCCCC(=O)O)c12. The van der Waals surface area contributed by atoms with E-state index in [9.17, 15) is 19.2 Å². The lowest BCUT2D eigenvalue weighted by Crippen LogP contribution is -2.03. The molecule has 8 heteroatoms. The first-order valence-electron chi connectivity index (χ1n) is 13.4. The van der Waals surface area contributed by atoms with Crippen molar-refractivity contribution in [2.75, 3.05) is 0 Å². The molecule has 0 spiro atoms. The van der Waals surface area contributed by atoms with Crippen LogP contribution in [0.15, 0.2) is 61.1 Å². The zero-order valence-electron chi connectivity index (χ0n) is 22.9. The average molecular weight is 543 g/mol. The van der Waals surface area contributed by atoms with Gasteiger partial charge in [-0.1, -0.05) is 30.3 Å². The van der Waals surface area contributed by atoms with Crippen molar-refractivity contribution in [3.05, 3.63) is 83.3 Å². The molecule has 0 saturated heterocycles. The molecule has 8 nitrogen and oxygen atoms in total. The summed E-state index contributed by atoms with van der Waals surface area (Å²) in [5, 5.41) is 20.0. The van der Waals surface area contributed by atoms with Gasteiger partial charge < -0.3 is 10.2 Å². The number of carboxylic acid groups (broad SMARTS) is 2. The predicted octanol–water partition coefficient (Wildman–Crippen LogP) is 6.74. The van der Waals surface area contributed by atoms with Gasteiger partial charge in [-0.25, -0.2) is 0 Å². The van der Waals surface area contributed by atoms with Crippen LogP contribution in [-0.2, 0) is 9.59 Å². The highest BCUT2D eigenvalue weighted by atomic mass is 16.4. The van der Waals surface area contributed by atoms with E-state index in [4.69, 9.17) is 10.2 Å². The maximum absolute atomic E-state index is 12.3. The van der Waals surface area contributed by atoms with Crippen molar-refractivity contribution in [3.63, 3.8) is 0 Å². The molecule has 0 amide bonds. The molecule has 208 valence electrons. The molecule has 4 rings (SSSR count). The number of carbonyl (C=O) groups excluding carboxylic acids is 2. The summed E-state index contributed by atoms with van der Waals surface area (Å²) in [6.45, 7) is 3.94. The number of hydrogen-bond acceptors (Lipinski definition) is 6. The van der Waals surface area contributed by atoms with E-state index >= 15 is 0 Å². The van der Waals surface area contributed by atoms with Gasteiger partial charge in [0.25, 0.3) is 0 Å². The van der Waals surface area contributed by atoms with Crippen LogP contribution in [0.1, 0.15) is 83.2 Å². The summed E-state index contributed by atoms with van der Waals surface area (Å²) in [5.74, 6) is -1.55. The summed E-state index contributed by atoms with van der Waals surface area (Å²) in [6, 6.07) is 13.4. The van der Waals surface area contributed by atoms with Crippen molar-refractivity contribution in [1.82, 2.24) is 9.97 Å². The molecule has 0 atom stereocenters. The summed E-state index contributed by atoms with van der Waals surface area (Å²) in [5.41, 5.74) is 4.23. The first-order chi connectivity index (χ1) is 19.2. The molecule has 0 unspecified atom stereocenters. The number of unbranched alkanes of at least 4 members (excludes halogenated alkanes) is 2. The number of hydrogen-bond donors (Lipinski definition) is 2. The average Bonchev–Trinajstić information content (AvgIpc) is 2.93. The van der Waals surface area contributed by atoms with Gasteiger partial charge in [-0.05, 0) is 68.2 Å². The number of fused-ring (bicyclic) bond motifs is 2. The third-order valence-corrected chi connectivity index (χ3v) is 6.66. The number of pyridine rings is 2. The van der Waals surface area contributed by atoms with Crippen LogP contribution < -0.4 is 0 Å². The Kier molecular flexibility index (Phi) is 11.0. The lowest BCUT2D eigenvalue weighted by atomic mass is 9.97. The van der Waals surface area contributed by atoms with Gasteiger partial charge in [0.1, 0.15) is 0 Å². The molecular formula is C32H34N2O6.